The fourth-order valence-corrected chi connectivity index (χ4v) is 13.2. The van der Waals surface area contributed by atoms with Gasteiger partial charge in [0.05, 0.1) is 11.0 Å². The molecule has 222 valence electrons. The zero-order valence-electron chi connectivity index (χ0n) is 25.5. The van der Waals surface area contributed by atoms with Gasteiger partial charge in [-0.25, -0.2) is 9.16 Å². The molecule has 7 aromatic carbocycles. The number of thiol groups is 1. The summed E-state index contributed by atoms with van der Waals surface area (Å²) >= 11 is 0. The van der Waals surface area contributed by atoms with Crippen LogP contribution in [0.1, 0.15) is 0 Å². The maximum atomic E-state index is 6.52. The molecule has 0 saturated heterocycles. The Kier molecular flexibility index (Phi) is 5.84. The fourth-order valence-electron chi connectivity index (χ4n) is 7.74. The monoisotopic (exact) mass is 611 g/mol. The van der Waals surface area contributed by atoms with Crippen molar-refractivity contribution >= 4 is 52.9 Å². The minimum absolute atomic E-state index is 0.896. The third-order valence-corrected chi connectivity index (χ3v) is 16.5. The molecule has 0 aliphatic heterocycles. The van der Waals surface area contributed by atoms with Crippen LogP contribution in [0.15, 0.2) is 200 Å². The summed E-state index contributed by atoms with van der Waals surface area (Å²) in [6, 6.07) is 64.2. The number of furan rings is 1. The molecule has 2 heterocycles. The minimum atomic E-state index is -3.20. The van der Waals surface area contributed by atoms with Gasteiger partial charge in [-0.1, -0.05) is 127 Å². The van der Waals surface area contributed by atoms with Crippen molar-refractivity contribution in [1.29, 1.82) is 0 Å². The highest BCUT2D eigenvalue weighted by Gasteiger charge is 2.44. The summed E-state index contributed by atoms with van der Waals surface area (Å²) in [6.07, 6.45) is 2.51. The molecule has 0 unspecified atom stereocenters. The van der Waals surface area contributed by atoms with Gasteiger partial charge in [-0.15, -0.1) is 0 Å². The lowest BCUT2D eigenvalue weighted by atomic mass is 10.1. The Morgan fingerprint density at radius 2 is 0.826 bits per heavy atom. The second kappa shape index (κ2) is 10.00. The van der Waals surface area contributed by atoms with Crippen LogP contribution in [0.5, 0.6) is 0 Å². The topological polar surface area (TPSA) is 18.1 Å². The van der Waals surface area contributed by atoms with E-state index < -0.39 is 9.16 Å². The molecule has 0 spiro atoms. The summed E-state index contributed by atoms with van der Waals surface area (Å²) in [7, 11) is -3.20. The summed E-state index contributed by atoms with van der Waals surface area (Å²) in [5, 5.41) is 4.77. The first kappa shape index (κ1) is 26.9. The molecule has 0 atom stereocenters. The van der Waals surface area contributed by atoms with E-state index in [2.05, 4.69) is 187 Å². The molecular weight excluding hydrogens is 579 g/mol. The van der Waals surface area contributed by atoms with E-state index in [1.807, 2.05) is 0 Å². The molecule has 46 heavy (non-hydrogen) atoms. The van der Waals surface area contributed by atoms with Gasteiger partial charge in [0, 0.05) is 27.2 Å². The SMILES string of the molecule is C[SH](c1ccccc1)(c1ccccc1)(c1ccccc1)c1ccc2oc3ccc(-n4c5ccccc5c5ccccc54)cc3c2c1. The van der Waals surface area contributed by atoms with Crippen LogP contribution in [0.4, 0.5) is 0 Å². The summed E-state index contributed by atoms with van der Waals surface area (Å²) < 4.78 is 8.90. The van der Waals surface area contributed by atoms with E-state index in [1.165, 1.54) is 41.4 Å². The van der Waals surface area contributed by atoms with Crippen molar-refractivity contribution < 1.29 is 4.42 Å². The van der Waals surface area contributed by atoms with Crippen molar-refractivity contribution in [3.05, 3.63) is 176 Å². The first-order valence-corrected chi connectivity index (χ1v) is 18.5. The zero-order valence-corrected chi connectivity index (χ0v) is 26.4. The second-order valence-corrected chi connectivity index (χ2v) is 17.6. The average molecular weight is 612 g/mol. The predicted molar refractivity (Wildman–Crippen MR) is 195 cm³/mol. The van der Waals surface area contributed by atoms with Crippen molar-refractivity contribution in [3.8, 4) is 5.69 Å². The first-order chi connectivity index (χ1) is 22.6. The van der Waals surface area contributed by atoms with Gasteiger partial charge >= 0.3 is 0 Å². The number of benzene rings is 7. The second-order valence-electron chi connectivity index (χ2n) is 12.4. The largest absolute Gasteiger partial charge is 0.456 e. The molecule has 9 rings (SSSR count). The standard InChI is InChI=1S/C43H33NOS/c1-46(32-15-5-2-6-16-32,33-17-7-3-8-18-33,34-19-9-4-10-20-34)35-26-28-43-39(30-35)38-29-31(25-27-42(38)45-43)44-40-23-13-11-21-36(40)37-22-12-14-24-41(37)44/h2-30,46H,1H3. The quantitative estimate of drug-likeness (QED) is 0.192. The molecule has 0 N–H and O–H groups in total. The Bertz CT molecular complexity index is 2390. The fraction of sp³-hybridized carbons (Fsp3) is 0.0233. The molecule has 0 bridgehead atoms. The number of hydrogen-bond acceptors (Lipinski definition) is 1. The third kappa shape index (κ3) is 3.61. The van der Waals surface area contributed by atoms with E-state index in [0.29, 0.717) is 0 Å². The minimum Gasteiger partial charge on any atom is -0.456 e. The van der Waals surface area contributed by atoms with E-state index in [4.69, 9.17) is 4.42 Å². The average Bonchev–Trinajstić information content (AvgIpc) is 3.67. The van der Waals surface area contributed by atoms with Crippen molar-refractivity contribution in [2.24, 2.45) is 0 Å². The van der Waals surface area contributed by atoms with E-state index in [9.17, 15) is 0 Å². The van der Waals surface area contributed by atoms with E-state index >= 15 is 0 Å². The van der Waals surface area contributed by atoms with Crippen molar-refractivity contribution in [2.45, 2.75) is 19.6 Å². The highest BCUT2D eigenvalue weighted by atomic mass is 32.3. The number of fused-ring (bicyclic) bond motifs is 6. The van der Waals surface area contributed by atoms with Gasteiger partial charge < -0.3 is 8.98 Å². The lowest BCUT2D eigenvalue weighted by Crippen LogP contribution is -2.19. The van der Waals surface area contributed by atoms with Gasteiger partial charge in [0.25, 0.3) is 0 Å². The molecule has 2 nitrogen and oxygen atoms in total. The summed E-state index contributed by atoms with van der Waals surface area (Å²) in [6.45, 7) is 0. The highest BCUT2D eigenvalue weighted by molar-refractivity contribution is 8.49. The Hall–Kier alpha value is -5.51. The third-order valence-electron chi connectivity index (χ3n) is 10.1. The molecule has 0 radical (unpaired) electrons. The van der Waals surface area contributed by atoms with Gasteiger partial charge in [-0.05, 0) is 74.4 Å². The Morgan fingerprint density at radius 1 is 0.391 bits per heavy atom. The van der Waals surface area contributed by atoms with Crippen molar-refractivity contribution in [1.82, 2.24) is 4.57 Å². The maximum Gasteiger partial charge on any atom is 0.135 e. The van der Waals surface area contributed by atoms with E-state index in [1.54, 1.807) is 0 Å². The predicted octanol–water partition coefficient (Wildman–Crippen LogP) is 11.9. The molecule has 2 aromatic heterocycles. The lowest BCUT2D eigenvalue weighted by molar-refractivity contribution is 0.668. The van der Waals surface area contributed by atoms with Crippen LogP contribution in [-0.2, 0) is 0 Å². The number of aromatic nitrogens is 1. The highest BCUT2D eigenvalue weighted by Crippen LogP contribution is 2.87. The smallest absolute Gasteiger partial charge is 0.135 e. The molecule has 0 amide bonds. The number of nitrogens with zero attached hydrogens (tertiary/aromatic N) is 1. The number of rotatable bonds is 5. The van der Waals surface area contributed by atoms with Crippen LogP contribution >= 0.6 is 9.16 Å². The van der Waals surface area contributed by atoms with E-state index in [-0.39, 0.29) is 0 Å². The van der Waals surface area contributed by atoms with Gasteiger partial charge in [0.2, 0.25) is 0 Å². The summed E-state index contributed by atoms with van der Waals surface area (Å²) in [4.78, 5) is 5.32. The summed E-state index contributed by atoms with van der Waals surface area (Å²) in [5.74, 6) is 0. The van der Waals surface area contributed by atoms with Crippen LogP contribution in [-0.4, -0.2) is 10.8 Å². The Labute approximate surface area is 268 Å². The van der Waals surface area contributed by atoms with Crippen LogP contribution in [0.25, 0.3) is 49.4 Å². The zero-order chi connectivity index (χ0) is 30.7. The molecule has 0 aliphatic rings. The lowest BCUT2D eigenvalue weighted by Gasteiger charge is -2.60. The molecule has 3 heteroatoms. The molecule has 0 aliphatic carbocycles. The van der Waals surface area contributed by atoms with Crippen molar-refractivity contribution in [3.63, 3.8) is 0 Å². The van der Waals surface area contributed by atoms with Gasteiger partial charge in [-0.2, -0.15) is 0 Å². The number of para-hydroxylation sites is 2. The molecule has 9 aromatic rings. The van der Waals surface area contributed by atoms with Crippen LogP contribution in [0.2, 0.25) is 0 Å². The summed E-state index contributed by atoms with van der Waals surface area (Å²) in [5.41, 5.74) is 5.32. The van der Waals surface area contributed by atoms with E-state index in [0.717, 1.165) is 27.6 Å². The first-order valence-electron chi connectivity index (χ1n) is 15.8. The Morgan fingerprint density at radius 3 is 1.35 bits per heavy atom. The van der Waals surface area contributed by atoms with Crippen molar-refractivity contribution in [2.75, 3.05) is 6.26 Å². The normalized spacial score (nSPS) is 12.9. The van der Waals surface area contributed by atoms with Crippen LogP contribution < -0.4 is 0 Å². The molecule has 0 saturated carbocycles. The van der Waals surface area contributed by atoms with Crippen LogP contribution in [0, 0.1) is 0 Å². The Balaban J connectivity index is 1.37. The molecule has 0 fully saturated rings. The number of hydrogen-bond donors (Lipinski definition) is 1. The van der Waals surface area contributed by atoms with Crippen LogP contribution in [0.3, 0.4) is 0 Å². The van der Waals surface area contributed by atoms with Gasteiger partial charge in [-0.3, -0.25) is 0 Å². The molecular formula is C43H33NOS. The van der Waals surface area contributed by atoms with Gasteiger partial charge in [0.15, 0.2) is 0 Å². The maximum absolute atomic E-state index is 6.52. The van der Waals surface area contributed by atoms with Gasteiger partial charge in [0.1, 0.15) is 11.2 Å².